The molecule has 32 heavy (non-hydrogen) atoms. The van der Waals surface area contributed by atoms with Gasteiger partial charge in [0.2, 0.25) is 0 Å². The van der Waals surface area contributed by atoms with Gasteiger partial charge < -0.3 is 15.1 Å². The van der Waals surface area contributed by atoms with Gasteiger partial charge in [-0.3, -0.25) is 4.90 Å². The van der Waals surface area contributed by atoms with Crippen molar-refractivity contribution in [3.05, 3.63) is 71.2 Å². The number of hydrogen-bond acceptors (Lipinski definition) is 5. The molecular formula is C24H33N7O. The summed E-state index contributed by atoms with van der Waals surface area (Å²) in [5.74, 6) is 3.60. The summed E-state index contributed by atoms with van der Waals surface area (Å²) in [6, 6.07) is 12.6. The Balaban J connectivity index is 1.44. The number of nitrogens with zero attached hydrogens (tertiary/aromatic N) is 5. The fourth-order valence-electron chi connectivity index (χ4n) is 4.14. The quantitative estimate of drug-likeness (QED) is 0.417. The highest BCUT2D eigenvalue weighted by Gasteiger charge is 2.24. The second kappa shape index (κ2) is 10.5. The molecule has 4 rings (SSSR count). The Labute approximate surface area is 189 Å². The molecule has 0 fully saturated rings. The number of nitrogens with one attached hydrogen (secondary N) is 2. The van der Waals surface area contributed by atoms with Gasteiger partial charge in [0.15, 0.2) is 5.96 Å². The van der Waals surface area contributed by atoms with Crippen molar-refractivity contribution in [1.29, 1.82) is 0 Å². The number of fused-ring (bicyclic) bond motifs is 1. The molecule has 1 aromatic carbocycles. The maximum atomic E-state index is 5.49. The van der Waals surface area contributed by atoms with E-state index in [0.29, 0.717) is 6.54 Å². The minimum Gasteiger partial charge on any atom is -0.468 e. The molecule has 1 aliphatic rings. The highest BCUT2D eigenvalue weighted by atomic mass is 16.3. The predicted molar refractivity (Wildman–Crippen MR) is 125 cm³/mol. The molecule has 0 aliphatic carbocycles. The Bertz CT molecular complexity index is 1020. The lowest BCUT2D eigenvalue weighted by atomic mass is 10.1. The number of furan rings is 1. The van der Waals surface area contributed by atoms with Gasteiger partial charge in [-0.25, -0.2) is 14.7 Å². The lowest BCUT2D eigenvalue weighted by Crippen LogP contribution is -2.41. The Morgan fingerprint density at radius 1 is 1.22 bits per heavy atom. The van der Waals surface area contributed by atoms with Crippen LogP contribution in [0.25, 0.3) is 0 Å². The highest BCUT2D eigenvalue weighted by molar-refractivity contribution is 5.80. The normalized spacial score (nSPS) is 16.2. The van der Waals surface area contributed by atoms with E-state index in [0.717, 1.165) is 62.4 Å². The fraction of sp³-hybridized carbons (Fsp3) is 0.458. The standard InChI is InChI=1S/C24H33N7O/c1-4-25-24(28-22-12-7-13-31-23(22)27-18(2)29-31)26-15-19-9-5-6-10-20(19)16-30(3)17-21-11-8-14-32-21/h5-6,8-11,14,22H,4,7,12-13,15-17H2,1-3H3,(H2,25,26,28). The first-order valence-electron chi connectivity index (χ1n) is 11.4. The molecule has 1 aliphatic heterocycles. The molecule has 0 bridgehead atoms. The third-order valence-corrected chi connectivity index (χ3v) is 5.61. The van der Waals surface area contributed by atoms with Crippen molar-refractivity contribution < 1.29 is 4.42 Å². The summed E-state index contributed by atoms with van der Waals surface area (Å²) in [6.45, 7) is 7.99. The van der Waals surface area contributed by atoms with E-state index in [-0.39, 0.29) is 6.04 Å². The largest absolute Gasteiger partial charge is 0.468 e. The van der Waals surface area contributed by atoms with Gasteiger partial charge in [-0.15, -0.1) is 0 Å². The Morgan fingerprint density at radius 2 is 2.06 bits per heavy atom. The molecule has 170 valence electrons. The number of aromatic nitrogens is 3. The van der Waals surface area contributed by atoms with Gasteiger partial charge in [0, 0.05) is 19.6 Å². The number of rotatable bonds is 8. The van der Waals surface area contributed by atoms with Gasteiger partial charge in [-0.1, -0.05) is 24.3 Å². The molecule has 0 radical (unpaired) electrons. The van der Waals surface area contributed by atoms with Crippen LogP contribution in [0.2, 0.25) is 0 Å². The third-order valence-electron chi connectivity index (χ3n) is 5.61. The van der Waals surface area contributed by atoms with Crippen molar-refractivity contribution in [3.63, 3.8) is 0 Å². The van der Waals surface area contributed by atoms with Crippen LogP contribution in [-0.2, 0) is 26.2 Å². The van der Waals surface area contributed by atoms with Crippen LogP contribution in [0.4, 0.5) is 0 Å². The zero-order valence-corrected chi connectivity index (χ0v) is 19.2. The van der Waals surface area contributed by atoms with Gasteiger partial charge in [-0.2, -0.15) is 5.10 Å². The van der Waals surface area contributed by atoms with Crippen molar-refractivity contribution in [1.82, 2.24) is 30.3 Å². The average Bonchev–Trinajstić information content (AvgIpc) is 3.42. The number of benzene rings is 1. The zero-order valence-electron chi connectivity index (χ0n) is 19.2. The second-order valence-electron chi connectivity index (χ2n) is 8.30. The molecule has 0 saturated heterocycles. The van der Waals surface area contributed by atoms with Gasteiger partial charge in [0.1, 0.15) is 17.4 Å². The first-order chi connectivity index (χ1) is 15.6. The minimum absolute atomic E-state index is 0.123. The molecule has 8 heteroatoms. The van der Waals surface area contributed by atoms with Gasteiger partial charge in [0.25, 0.3) is 0 Å². The Kier molecular flexibility index (Phi) is 7.21. The van der Waals surface area contributed by atoms with Crippen molar-refractivity contribution >= 4 is 5.96 Å². The topological polar surface area (TPSA) is 83.5 Å². The summed E-state index contributed by atoms with van der Waals surface area (Å²) in [5, 5.41) is 11.5. The van der Waals surface area contributed by atoms with E-state index >= 15 is 0 Å². The third kappa shape index (κ3) is 5.56. The highest BCUT2D eigenvalue weighted by Crippen LogP contribution is 2.23. The van der Waals surface area contributed by atoms with E-state index in [1.165, 1.54) is 11.1 Å². The number of guanidine groups is 1. The average molecular weight is 436 g/mol. The molecule has 2 N–H and O–H groups in total. The van der Waals surface area contributed by atoms with Crippen LogP contribution in [0, 0.1) is 6.92 Å². The smallest absolute Gasteiger partial charge is 0.192 e. The van der Waals surface area contributed by atoms with Crippen LogP contribution in [0.3, 0.4) is 0 Å². The lowest BCUT2D eigenvalue weighted by molar-refractivity contribution is 0.287. The van der Waals surface area contributed by atoms with E-state index in [4.69, 9.17) is 9.41 Å². The molecule has 3 heterocycles. The SMILES string of the molecule is CCNC(=NCc1ccccc1CN(C)Cc1ccco1)NC1CCCn2nc(C)nc21. The van der Waals surface area contributed by atoms with Gasteiger partial charge >= 0.3 is 0 Å². The molecule has 2 aromatic heterocycles. The van der Waals surface area contributed by atoms with Crippen LogP contribution in [0.1, 0.15) is 54.3 Å². The second-order valence-corrected chi connectivity index (χ2v) is 8.30. The van der Waals surface area contributed by atoms with Gasteiger partial charge in [0.05, 0.1) is 25.4 Å². The van der Waals surface area contributed by atoms with E-state index in [9.17, 15) is 0 Å². The van der Waals surface area contributed by atoms with Crippen molar-refractivity contribution in [2.24, 2.45) is 4.99 Å². The van der Waals surface area contributed by atoms with Crippen molar-refractivity contribution in [3.8, 4) is 0 Å². The Hall–Kier alpha value is -3.13. The first kappa shape index (κ1) is 22.1. The van der Waals surface area contributed by atoms with E-state index in [1.54, 1.807) is 6.26 Å². The predicted octanol–water partition coefficient (Wildman–Crippen LogP) is 3.40. The summed E-state index contributed by atoms with van der Waals surface area (Å²) >= 11 is 0. The number of hydrogen-bond donors (Lipinski definition) is 2. The van der Waals surface area contributed by atoms with Crippen molar-refractivity contribution in [2.45, 2.75) is 58.9 Å². The summed E-state index contributed by atoms with van der Waals surface area (Å²) in [6.07, 6.45) is 3.83. The number of aryl methyl sites for hydroxylation is 2. The minimum atomic E-state index is 0.123. The summed E-state index contributed by atoms with van der Waals surface area (Å²) in [7, 11) is 2.11. The zero-order chi connectivity index (χ0) is 22.3. The monoisotopic (exact) mass is 435 g/mol. The summed E-state index contributed by atoms with van der Waals surface area (Å²) in [4.78, 5) is 11.8. The lowest BCUT2D eigenvalue weighted by Gasteiger charge is -2.25. The summed E-state index contributed by atoms with van der Waals surface area (Å²) < 4.78 is 7.50. The maximum Gasteiger partial charge on any atom is 0.192 e. The maximum absolute atomic E-state index is 5.49. The Morgan fingerprint density at radius 3 is 2.84 bits per heavy atom. The molecule has 8 nitrogen and oxygen atoms in total. The number of aliphatic imine (C=N–C) groups is 1. The van der Waals surface area contributed by atoms with Crippen LogP contribution < -0.4 is 10.6 Å². The first-order valence-corrected chi connectivity index (χ1v) is 11.4. The molecule has 0 saturated carbocycles. The van der Waals surface area contributed by atoms with Crippen molar-refractivity contribution in [2.75, 3.05) is 13.6 Å². The fourth-order valence-corrected chi connectivity index (χ4v) is 4.14. The van der Waals surface area contributed by atoms with E-state index in [2.05, 4.69) is 63.9 Å². The van der Waals surface area contributed by atoms with Crippen LogP contribution >= 0.6 is 0 Å². The van der Waals surface area contributed by atoms with E-state index in [1.807, 2.05) is 23.7 Å². The molecule has 1 atom stereocenters. The van der Waals surface area contributed by atoms with E-state index < -0.39 is 0 Å². The molecule has 1 unspecified atom stereocenters. The molecule has 3 aromatic rings. The van der Waals surface area contributed by atoms with Crippen LogP contribution in [-0.4, -0.2) is 39.2 Å². The van der Waals surface area contributed by atoms with Crippen LogP contribution in [0.15, 0.2) is 52.1 Å². The molecular weight excluding hydrogens is 402 g/mol. The van der Waals surface area contributed by atoms with Crippen LogP contribution in [0.5, 0.6) is 0 Å². The van der Waals surface area contributed by atoms with Gasteiger partial charge in [-0.05, 0) is 57.0 Å². The molecule has 0 spiro atoms. The summed E-state index contributed by atoms with van der Waals surface area (Å²) in [5.41, 5.74) is 2.49. The molecule has 0 amide bonds.